The van der Waals surface area contributed by atoms with E-state index < -0.39 is 8.25 Å². The highest BCUT2D eigenvalue weighted by Crippen LogP contribution is 2.14. The van der Waals surface area contributed by atoms with E-state index in [1.807, 2.05) is 0 Å². The maximum absolute atomic E-state index is 9.21. The minimum atomic E-state index is -2.85. The number of rotatable bonds is 1. The monoisotopic (exact) mass is 169 g/mol. The van der Waals surface area contributed by atoms with E-state index in [-0.39, 0.29) is 17.4 Å². The summed E-state index contributed by atoms with van der Waals surface area (Å²) in [5, 5.41) is 0. The first-order valence-electron chi connectivity index (χ1n) is 2.37. The molecule has 9 heavy (non-hydrogen) atoms. The van der Waals surface area contributed by atoms with Crippen LogP contribution in [0.25, 0.3) is 0 Å². The lowest BCUT2D eigenvalue weighted by molar-refractivity contribution is 0.292. The van der Waals surface area contributed by atoms with E-state index in [0.717, 1.165) is 0 Å². The first-order chi connectivity index (χ1) is 3.77. The third-order valence-electron chi connectivity index (χ3n) is 0.454. The van der Waals surface area contributed by atoms with Gasteiger partial charge in [-0.25, -0.2) is 10.5 Å². The maximum Gasteiger partial charge on any atom is 0.332 e. The van der Waals surface area contributed by atoms with Crippen molar-refractivity contribution < 1.29 is 14.1 Å². The van der Waals surface area contributed by atoms with E-state index in [0.29, 0.717) is 0 Å². The lowest BCUT2D eigenvalue weighted by atomic mass is 11.0. The lowest BCUT2D eigenvalue weighted by Crippen LogP contribution is -1.84. The second-order valence-electron chi connectivity index (χ2n) is 1.44. The Bertz CT molecular complexity index is 76.7. The average molecular weight is 169 g/mol. The molecular formula is C3H13AlNO3P. The molecule has 0 saturated heterocycles. The molecule has 6 heteroatoms. The van der Waals surface area contributed by atoms with Gasteiger partial charge in [0.1, 0.15) is 0 Å². The van der Waals surface area contributed by atoms with Crippen LogP contribution >= 0.6 is 8.25 Å². The maximum atomic E-state index is 9.21. The largest absolute Gasteiger partial charge is 0.332 e. The highest BCUT2D eigenvalue weighted by atomic mass is 31.1. The van der Waals surface area contributed by atoms with Crippen molar-refractivity contribution in [3.8, 4) is 0 Å². The van der Waals surface area contributed by atoms with Gasteiger partial charge in [-0.2, -0.15) is 0 Å². The fraction of sp³-hybridized carbons (Fsp3) is 1.00. The summed E-state index contributed by atoms with van der Waals surface area (Å²) in [7, 11) is -2.85. The first-order valence-corrected chi connectivity index (χ1v) is 3.63. The van der Waals surface area contributed by atoms with Crippen molar-refractivity contribution in [1.29, 1.82) is 0 Å². The molecular weight excluding hydrogens is 156 g/mol. The summed E-state index contributed by atoms with van der Waals surface area (Å²) in [6.07, 6.45) is 4.50. The molecule has 3 N–H and O–H groups in total. The van der Waals surface area contributed by atoms with Gasteiger partial charge in [-0.15, -0.1) is 0 Å². The molecule has 0 radical (unpaired) electrons. The highest BCUT2D eigenvalue weighted by molar-refractivity contribution is 7.32. The third-order valence-corrected chi connectivity index (χ3v) is 0.656. The molecule has 4 nitrogen and oxygen atoms in total. The minimum Gasteiger partial charge on any atom is -0.325 e. The van der Waals surface area contributed by atoms with E-state index >= 15 is 0 Å². The molecule has 1 atom stereocenters. The van der Waals surface area contributed by atoms with Gasteiger partial charge in [0, 0.05) is 0 Å². The quantitative estimate of drug-likeness (QED) is 0.307. The Kier molecular flexibility index (Phi) is 11.8. The van der Waals surface area contributed by atoms with Crippen LogP contribution in [0.4, 0.5) is 0 Å². The molecule has 1 fully saturated rings. The van der Waals surface area contributed by atoms with Crippen molar-refractivity contribution in [3.05, 3.63) is 0 Å². The predicted octanol–water partition coefficient (Wildman–Crippen LogP) is -0.755. The number of nitrogens with two attached hydrogens (primary N) is 1. The van der Waals surface area contributed by atoms with Gasteiger partial charge in [-0.3, -0.25) is 4.57 Å². The Morgan fingerprint density at radius 2 is 1.67 bits per heavy atom. The van der Waals surface area contributed by atoms with Crippen LogP contribution in [0.3, 0.4) is 0 Å². The van der Waals surface area contributed by atoms with E-state index in [9.17, 15) is 4.57 Å². The number of hydrogen-bond donors (Lipinski definition) is 2. The molecule has 0 spiro atoms. The van der Waals surface area contributed by atoms with E-state index in [2.05, 4.69) is 10.5 Å². The van der Waals surface area contributed by atoms with E-state index in [4.69, 9.17) is 4.89 Å². The molecule has 0 aromatic carbocycles. The summed E-state index contributed by atoms with van der Waals surface area (Å²) < 4.78 is 12.6. The Labute approximate surface area is 65.4 Å². The lowest BCUT2D eigenvalue weighted by Gasteiger charge is -1.78. The molecule has 0 aliphatic heterocycles. The molecule has 0 heterocycles. The summed E-state index contributed by atoms with van der Waals surface area (Å²) in [4.78, 5) is 7.56. The molecule has 0 aromatic rings. The second-order valence-corrected chi connectivity index (χ2v) is 2.21. The van der Waals surface area contributed by atoms with Gasteiger partial charge in [0.25, 0.3) is 0 Å². The standard InChI is InChI=1S/C3H6.Al.H4NO3P.3H/c1-2-3-1;;1-4-5(2)3;;;/h1-3H2;;5H,1H2,(H,2,3);;;. The summed E-state index contributed by atoms with van der Waals surface area (Å²) in [6, 6.07) is 0. The van der Waals surface area contributed by atoms with Crippen molar-refractivity contribution in [2.75, 3.05) is 0 Å². The fourth-order valence-corrected chi connectivity index (χ4v) is 0. The van der Waals surface area contributed by atoms with Crippen LogP contribution in [0.2, 0.25) is 0 Å². The molecule has 1 rings (SSSR count). The Balaban J connectivity index is 0. The fourth-order valence-electron chi connectivity index (χ4n) is 0. The molecule has 56 valence electrons. The molecule has 1 unspecified atom stereocenters. The van der Waals surface area contributed by atoms with Gasteiger partial charge in [0.2, 0.25) is 0 Å². The van der Waals surface area contributed by atoms with Gasteiger partial charge in [0.05, 0.1) is 0 Å². The smallest absolute Gasteiger partial charge is 0.325 e. The Morgan fingerprint density at radius 3 is 1.67 bits per heavy atom. The normalized spacial score (nSPS) is 16.2. The van der Waals surface area contributed by atoms with E-state index in [1.165, 1.54) is 19.3 Å². The second kappa shape index (κ2) is 8.64. The van der Waals surface area contributed by atoms with Gasteiger partial charge in [-0.05, 0) is 0 Å². The van der Waals surface area contributed by atoms with Gasteiger partial charge in [-0.1, -0.05) is 19.3 Å². The van der Waals surface area contributed by atoms with Gasteiger partial charge < -0.3 is 4.89 Å². The van der Waals surface area contributed by atoms with Gasteiger partial charge >= 0.3 is 8.25 Å². The van der Waals surface area contributed by atoms with Crippen LogP contribution in [0.15, 0.2) is 0 Å². The number of hydrogen-bond acceptors (Lipinski definition) is 3. The van der Waals surface area contributed by atoms with Crippen LogP contribution in [0.1, 0.15) is 19.3 Å². The van der Waals surface area contributed by atoms with Crippen molar-refractivity contribution in [2.24, 2.45) is 5.90 Å². The summed E-state index contributed by atoms with van der Waals surface area (Å²) in [6.45, 7) is 0. The van der Waals surface area contributed by atoms with Crippen LogP contribution in [0.5, 0.6) is 0 Å². The first kappa shape index (κ1) is 12.3. The van der Waals surface area contributed by atoms with Gasteiger partial charge in [0.15, 0.2) is 17.4 Å². The Hall–Kier alpha value is 0.642. The zero-order chi connectivity index (χ0) is 6.41. The van der Waals surface area contributed by atoms with E-state index in [1.54, 1.807) is 0 Å². The minimum absolute atomic E-state index is 0. The van der Waals surface area contributed by atoms with Crippen LogP contribution in [-0.2, 0) is 9.19 Å². The summed E-state index contributed by atoms with van der Waals surface area (Å²) >= 11 is 0. The predicted molar refractivity (Wildman–Crippen MR) is 40.3 cm³/mol. The molecule has 0 amide bonds. The molecule has 1 aliphatic rings. The van der Waals surface area contributed by atoms with Crippen molar-refractivity contribution >= 4 is 25.6 Å². The molecule has 0 aromatic heterocycles. The van der Waals surface area contributed by atoms with Crippen molar-refractivity contribution in [1.82, 2.24) is 0 Å². The molecule has 1 saturated carbocycles. The van der Waals surface area contributed by atoms with Crippen LogP contribution in [0, 0.1) is 0 Å². The van der Waals surface area contributed by atoms with Crippen molar-refractivity contribution in [2.45, 2.75) is 19.3 Å². The molecule has 0 bridgehead atoms. The zero-order valence-corrected chi connectivity index (χ0v) is 5.46. The topological polar surface area (TPSA) is 72.5 Å². The van der Waals surface area contributed by atoms with Crippen LogP contribution < -0.4 is 5.90 Å². The Morgan fingerprint density at radius 1 is 1.44 bits per heavy atom. The average Bonchev–Trinajstić information content (AvgIpc) is 2.48. The summed E-state index contributed by atoms with van der Waals surface area (Å²) in [5.74, 6) is 4.15. The van der Waals surface area contributed by atoms with Crippen LogP contribution in [-0.4, -0.2) is 22.3 Å². The SMILES string of the molecule is C1CC1.NO[PH](=O)O.[AlH3]. The third kappa shape index (κ3) is 28.7. The zero-order valence-electron chi connectivity index (χ0n) is 4.46. The highest BCUT2D eigenvalue weighted by Gasteiger charge is 1.95. The molecule has 1 aliphatic carbocycles. The summed E-state index contributed by atoms with van der Waals surface area (Å²) in [5.41, 5.74) is 0. The van der Waals surface area contributed by atoms with Crippen molar-refractivity contribution in [3.63, 3.8) is 0 Å².